The molecule has 186 valence electrons. The zero-order valence-corrected chi connectivity index (χ0v) is 17.7. The Morgan fingerprint density at radius 1 is 0.941 bits per heavy atom. The molecule has 2 N–H and O–H groups in total. The second-order valence-electron chi connectivity index (χ2n) is 7.83. The number of piperazine rings is 1. The van der Waals surface area contributed by atoms with Crippen LogP contribution < -0.4 is 4.90 Å². The molecule has 0 aliphatic carbocycles. The van der Waals surface area contributed by atoms with Crippen LogP contribution in [0.25, 0.3) is 0 Å². The molecular weight excluding hydrogens is 470 g/mol. The number of anilines is 1. The largest absolute Gasteiger partial charge is 0.465 e. The molecule has 1 amide bonds. The average molecular weight is 492 g/mol. The van der Waals surface area contributed by atoms with Crippen molar-refractivity contribution in [3.63, 3.8) is 0 Å². The summed E-state index contributed by atoms with van der Waals surface area (Å²) in [5.41, 5.74) is -5.23. The predicted molar refractivity (Wildman–Crippen MR) is 109 cm³/mol. The Hall–Kier alpha value is -2.99. The average Bonchev–Trinajstić information content (AvgIpc) is 2.78. The van der Waals surface area contributed by atoms with Crippen molar-refractivity contribution in [2.45, 2.75) is 30.6 Å². The molecule has 0 saturated carbocycles. The number of carbonyl (C=O) groups is 1. The van der Waals surface area contributed by atoms with Crippen molar-refractivity contribution >= 4 is 11.8 Å². The number of alkyl halides is 6. The van der Waals surface area contributed by atoms with Crippen LogP contribution in [0.3, 0.4) is 0 Å². The topological polar surface area (TPSA) is 73.2 Å². The second kappa shape index (κ2) is 9.71. The normalized spacial score (nSPS) is 17.7. The van der Waals surface area contributed by atoms with Crippen molar-refractivity contribution in [1.29, 1.82) is 0 Å². The first-order chi connectivity index (χ1) is 15.8. The number of amides is 1. The van der Waals surface area contributed by atoms with Crippen LogP contribution in [-0.2, 0) is 16.9 Å². The van der Waals surface area contributed by atoms with Gasteiger partial charge in [0.2, 0.25) is 0 Å². The fraction of sp³-hybridized carbons (Fsp3) is 0.409. The molecule has 1 heterocycles. The van der Waals surface area contributed by atoms with Gasteiger partial charge in [0, 0.05) is 30.9 Å². The molecule has 2 aromatic rings. The van der Waals surface area contributed by atoms with E-state index in [1.165, 1.54) is 0 Å². The lowest BCUT2D eigenvalue weighted by Gasteiger charge is -2.42. The van der Waals surface area contributed by atoms with Crippen molar-refractivity contribution in [2.75, 3.05) is 31.1 Å². The lowest BCUT2D eigenvalue weighted by molar-refractivity contribution is -0.376. The van der Waals surface area contributed by atoms with Gasteiger partial charge in [-0.1, -0.05) is 42.5 Å². The lowest BCUT2D eigenvalue weighted by Crippen LogP contribution is -2.56. The number of carboxylic acid groups (broad SMARTS) is 1. The van der Waals surface area contributed by atoms with Gasteiger partial charge < -0.3 is 24.7 Å². The number of hydrogen-bond donors (Lipinski definition) is 2. The van der Waals surface area contributed by atoms with E-state index >= 15 is 0 Å². The number of aliphatic hydroxyl groups is 1. The van der Waals surface area contributed by atoms with E-state index in [2.05, 4.69) is 0 Å². The van der Waals surface area contributed by atoms with E-state index in [4.69, 9.17) is 4.74 Å². The standard InChI is InChI=1S/C22H22F6N2O4/c23-21(24,25)20(33,22(26,27)28)16-6-8-17(9-7-16)30-11-10-29(19(31)32)12-18(30)14-34-13-15-4-2-1-3-5-15/h1-9,18,33H,10-14H2,(H,31,32)/t18-/m1/s1. The van der Waals surface area contributed by atoms with E-state index in [-0.39, 0.29) is 38.5 Å². The van der Waals surface area contributed by atoms with Crippen LogP contribution in [0.2, 0.25) is 0 Å². The third-order valence-corrected chi connectivity index (χ3v) is 5.61. The quantitative estimate of drug-likeness (QED) is 0.586. The van der Waals surface area contributed by atoms with Gasteiger partial charge >= 0.3 is 18.4 Å². The van der Waals surface area contributed by atoms with Gasteiger partial charge in [0.15, 0.2) is 0 Å². The molecule has 0 radical (unpaired) electrons. The van der Waals surface area contributed by atoms with Crippen molar-refractivity contribution in [3.8, 4) is 0 Å². The maximum atomic E-state index is 13.1. The summed E-state index contributed by atoms with van der Waals surface area (Å²) in [4.78, 5) is 14.2. The minimum atomic E-state index is -5.98. The number of ether oxygens (including phenoxy) is 1. The molecule has 34 heavy (non-hydrogen) atoms. The van der Waals surface area contributed by atoms with E-state index in [0.29, 0.717) is 12.1 Å². The van der Waals surface area contributed by atoms with Gasteiger partial charge in [-0.05, 0) is 17.7 Å². The Morgan fingerprint density at radius 2 is 1.53 bits per heavy atom. The highest BCUT2D eigenvalue weighted by molar-refractivity contribution is 5.66. The summed E-state index contributed by atoms with van der Waals surface area (Å²) in [6.07, 6.45) is -13.1. The van der Waals surface area contributed by atoms with Gasteiger partial charge in [0.1, 0.15) is 0 Å². The summed E-state index contributed by atoms with van der Waals surface area (Å²) < 4.78 is 84.6. The van der Waals surface area contributed by atoms with Crippen molar-refractivity contribution < 1.29 is 46.1 Å². The summed E-state index contributed by atoms with van der Waals surface area (Å²) in [5, 5.41) is 18.9. The van der Waals surface area contributed by atoms with Crippen molar-refractivity contribution in [3.05, 3.63) is 65.7 Å². The first-order valence-electron chi connectivity index (χ1n) is 10.2. The summed E-state index contributed by atoms with van der Waals surface area (Å²) in [6, 6.07) is 11.8. The molecule has 0 spiro atoms. The van der Waals surface area contributed by atoms with Crippen LogP contribution in [-0.4, -0.2) is 65.8 Å². The Labute approximate surface area is 191 Å². The minimum Gasteiger partial charge on any atom is -0.465 e. The molecule has 3 rings (SSSR count). The lowest BCUT2D eigenvalue weighted by atomic mass is 9.92. The first kappa shape index (κ1) is 25.6. The number of hydrogen-bond acceptors (Lipinski definition) is 4. The molecule has 1 aliphatic rings. The molecular formula is C22H22F6N2O4. The first-order valence-corrected chi connectivity index (χ1v) is 10.2. The third-order valence-electron chi connectivity index (χ3n) is 5.61. The predicted octanol–water partition coefficient (Wildman–Crippen LogP) is 4.38. The third kappa shape index (κ3) is 5.22. The highest BCUT2D eigenvalue weighted by Crippen LogP contribution is 2.50. The van der Waals surface area contributed by atoms with Gasteiger partial charge in [-0.25, -0.2) is 4.79 Å². The molecule has 12 heteroatoms. The Kier molecular flexibility index (Phi) is 7.32. The fourth-order valence-corrected chi connectivity index (χ4v) is 3.78. The van der Waals surface area contributed by atoms with Crippen molar-refractivity contribution in [1.82, 2.24) is 4.90 Å². The SMILES string of the molecule is O=C(O)N1CCN(c2ccc(C(O)(C(F)(F)F)C(F)(F)F)cc2)[C@@H](COCc2ccccc2)C1. The molecule has 1 saturated heterocycles. The molecule has 1 aliphatic heterocycles. The minimum absolute atomic E-state index is 0.0287. The molecule has 0 unspecified atom stereocenters. The number of halogens is 6. The Balaban J connectivity index is 1.81. The van der Waals surface area contributed by atoms with Gasteiger partial charge in [-0.2, -0.15) is 26.3 Å². The zero-order valence-electron chi connectivity index (χ0n) is 17.7. The number of benzene rings is 2. The summed E-state index contributed by atoms with van der Waals surface area (Å²) in [5.74, 6) is 0. The molecule has 2 aromatic carbocycles. The van der Waals surface area contributed by atoms with E-state index in [9.17, 15) is 41.4 Å². The maximum Gasteiger partial charge on any atom is 0.430 e. The van der Waals surface area contributed by atoms with Crippen LogP contribution in [0.5, 0.6) is 0 Å². The van der Waals surface area contributed by atoms with Gasteiger partial charge in [0.05, 0.1) is 19.3 Å². The zero-order chi connectivity index (χ0) is 25.1. The van der Waals surface area contributed by atoms with Crippen molar-refractivity contribution in [2.24, 2.45) is 0 Å². The fourth-order valence-electron chi connectivity index (χ4n) is 3.78. The van der Waals surface area contributed by atoms with Crippen LogP contribution in [0.1, 0.15) is 11.1 Å². The molecule has 1 fully saturated rings. The van der Waals surface area contributed by atoms with Crippen LogP contribution in [0.15, 0.2) is 54.6 Å². The van der Waals surface area contributed by atoms with Crippen LogP contribution in [0, 0.1) is 0 Å². The Morgan fingerprint density at radius 3 is 2.06 bits per heavy atom. The van der Waals surface area contributed by atoms with Gasteiger partial charge in [-0.15, -0.1) is 0 Å². The molecule has 6 nitrogen and oxygen atoms in total. The van der Waals surface area contributed by atoms with E-state index < -0.39 is 35.7 Å². The van der Waals surface area contributed by atoms with Gasteiger partial charge in [0.25, 0.3) is 5.60 Å². The van der Waals surface area contributed by atoms with E-state index in [0.717, 1.165) is 22.6 Å². The summed E-state index contributed by atoms with van der Waals surface area (Å²) in [7, 11) is 0. The van der Waals surface area contributed by atoms with Crippen LogP contribution in [0.4, 0.5) is 36.8 Å². The second-order valence-corrected chi connectivity index (χ2v) is 7.83. The Bertz CT molecular complexity index is 952. The monoisotopic (exact) mass is 492 g/mol. The highest BCUT2D eigenvalue weighted by Gasteiger charge is 2.71. The molecule has 1 atom stereocenters. The van der Waals surface area contributed by atoms with E-state index in [1.807, 2.05) is 30.3 Å². The van der Waals surface area contributed by atoms with Crippen LogP contribution >= 0.6 is 0 Å². The number of rotatable bonds is 6. The highest BCUT2D eigenvalue weighted by atomic mass is 19.4. The van der Waals surface area contributed by atoms with E-state index in [1.54, 1.807) is 4.90 Å². The number of nitrogens with zero attached hydrogens (tertiary/aromatic N) is 2. The molecule has 0 bridgehead atoms. The molecule has 0 aromatic heterocycles. The summed E-state index contributed by atoms with van der Waals surface area (Å²) >= 11 is 0. The maximum absolute atomic E-state index is 13.1. The smallest absolute Gasteiger partial charge is 0.430 e. The summed E-state index contributed by atoms with van der Waals surface area (Å²) in [6.45, 7) is 0.562. The van der Waals surface area contributed by atoms with Gasteiger partial charge in [-0.3, -0.25) is 0 Å².